The van der Waals surface area contributed by atoms with Crippen LogP contribution < -0.4 is 25.0 Å². The summed E-state index contributed by atoms with van der Waals surface area (Å²) >= 11 is 11.7. The first-order chi connectivity index (χ1) is 16.8. The van der Waals surface area contributed by atoms with Crippen LogP contribution in [0.2, 0.25) is 10.0 Å². The molecule has 180 valence electrons. The standard InChI is InChI=1S/C24H19Cl2N3O6/c1-33-19-10-8-17(26)12-18(19)28-22(30)23(31)29-27-13-14-3-9-20(21(11-14)34-2)35-24(32)15-4-6-16(25)7-5-15/h3-13H,1-2H3,(H,28,30)(H,29,31)/b27-13+. The van der Waals surface area contributed by atoms with Crippen LogP contribution in [0.4, 0.5) is 5.69 Å². The molecule has 11 heteroatoms. The summed E-state index contributed by atoms with van der Waals surface area (Å²) in [5.74, 6) is -1.79. The second kappa shape index (κ2) is 11.9. The summed E-state index contributed by atoms with van der Waals surface area (Å²) in [4.78, 5) is 36.6. The van der Waals surface area contributed by atoms with Crippen LogP contribution in [-0.2, 0) is 9.59 Å². The maximum Gasteiger partial charge on any atom is 0.343 e. The van der Waals surface area contributed by atoms with Crippen molar-refractivity contribution >= 4 is 52.9 Å². The molecule has 2 amide bonds. The number of methoxy groups -OCH3 is 2. The van der Waals surface area contributed by atoms with Crippen molar-refractivity contribution in [3.63, 3.8) is 0 Å². The van der Waals surface area contributed by atoms with Gasteiger partial charge in [0.05, 0.1) is 31.7 Å². The van der Waals surface area contributed by atoms with Crippen molar-refractivity contribution in [3.05, 3.63) is 81.8 Å². The maximum absolute atomic E-state index is 12.3. The Bertz CT molecular complexity index is 1280. The number of hydrogen-bond acceptors (Lipinski definition) is 7. The van der Waals surface area contributed by atoms with E-state index in [1.54, 1.807) is 42.5 Å². The average molecular weight is 516 g/mol. The van der Waals surface area contributed by atoms with Crippen molar-refractivity contribution in [2.45, 2.75) is 0 Å². The predicted molar refractivity (Wildman–Crippen MR) is 132 cm³/mol. The third-order valence-electron chi connectivity index (χ3n) is 4.47. The molecule has 0 aliphatic carbocycles. The minimum absolute atomic E-state index is 0.184. The van der Waals surface area contributed by atoms with Crippen LogP contribution in [0.15, 0.2) is 65.8 Å². The number of hydrazone groups is 1. The Morgan fingerprint density at radius 1 is 0.800 bits per heavy atom. The Balaban J connectivity index is 1.62. The number of anilines is 1. The van der Waals surface area contributed by atoms with Gasteiger partial charge < -0.3 is 19.5 Å². The van der Waals surface area contributed by atoms with Gasteiger partial charge in [-0.25, -0.2) is 10.2 Å². The highest BCUT2D eigenvalue weighted by Gasteiger charge is 2.16. The maximum atomic E-state index is 12.3. The fourth-order valence-corrected chi connectivity index (χ4v) is 3.06. The molecule has 0 bridgehead atoms. The summed E-state index contributed by atoms with van der Waals surface area (Å²) in [6.07, 6.45) is 1.29. The highest BCUT2D eigenvalue weighted by molar-refractivity contribution is 6.40. The minimum atomic E-state index is -1.01. The second-order valence-corrected chi connectivity index (χ2v) is 7.68. The van der Waals surface area contributed by atoms with Gasteiger partial charge in [0.25, 0.3) is 0 Å². The fraction of sp³-hybridized carbons (Fsp3) is 0.0833. The smallest absolute Gasteiger partial charge is 0.343 e. The molecule has 0 heterocycles. The molecule has 0 aliphatic rings. The number of nitrogens with one attached hydrogen (secondary N) is 2. The van der Waals surface area contributed by atoms with E-state index in [2.05, 4.69) is 15.8 Å². The molecule has 9 nitrogen and oxygen atoms in total. The van der Waals surface area contributed by atoms with E-state index in [0.29, 0.717) is 26.9 Å². The average Bonchev–Trinajstić information content (AvgIpc) is 2.85. The summed E-state index contributed by atoms with van der Waals surface area (Å²) < 4.78 is 15.8. The zero-order chi connectivity index (χ0) is 25.4. The molecular weight excluding hydrogens is 497 g/mol. The molecule has 0 aliphatic heterocycles. The zero-order valence-corrected chi connectivity index (χ0v) is 20.0. The van der Waals surface area contributed by atoms with Crippen molar-refractivity contribution in [3.8, 4) is 17.2 Å². The summed E-state index contributed by atoms with van der Waals surface area (Å²) in [5.41, 5.74) is 3.18. The lowest BCUT2D eigenvalue weighted by atomic mass is 10.2. The van der Waals surface area contributed by atoms with Crippen molar-refractivity contribution in [2.75, 3.05) is 19.5 Å². The number of nitrogens with zero attached hydrogens (tertiary/aromatic N) is 1. The molecular formula is C24H19Cl2N3O6. The number of ether oxygens (including phenoxy) is 3. The Morgan fingerprint density at radius 3 is 2.14 bits per heavy atom. The molecule has 0 saturated carbocycles. The van der Waals surface area contributed by atoms with E-state index in [1.807, 2.05) is 0 Å². The van der Waals surface area contributed by atoms with Gasteiger partial charge in [-0.15, -0.1) is 0 Å². The summed E-state index contributed by atoms with van der Waals surface area (Å²) in [5, 5.41) is 7.02. The first kappa shape index (κ1) is 25.5. The van der Waals surface area contributed by atoms with E-state index >= 15 is 0 Å². The van der Waals surface area contributed by atoms with Gasteiger partial charge in [-0.2, -0.15) is 5.10 Å². The summed E-state index contributed by atoms with van der Waals surface area (Å²) in [6, 6.07) is 15.5. The SMILES string of the molecule is COc1ccc(Cl)cc1NC(=O)C(=O)N/N=C/c1ccc(OC(=O)c2ccc(Cl)cc2)c(OC)c1. The monoisotopic (exact) mass is 515 g/mol. The van der Waals surface area contributed by atoms with Crippen LogP contribution in [0.3, 0.4) is 0 Å². The summed E-state index contributed by atoms with van der Waals surface area (Å²) in [6.45, 7) is 0. The Labute approximate surface area is 210 Å². The van der Waals surface area contributed by atoms with E-state index in [9.17, 15) is 14.4 Å². The third kappa shape index (κ3) is 6.95. The topological polar surface area (TPSA) is 115 Å². The van der Waals surface area contributed by atoms with Crippen LogP contribution >= 0.6 is 23.2 Å². The molecule has 3 aromatic rings. The lowest BCUT2D eigenvalue weighted by Gasteiger charge is -2.10. The highest BCUT2D eigenvalue weighted by Crippen LogP contribution is 2.29. The number of carbonyl (C=O) groups is 3. The Hall–Kier alpha value is -4.08. The van der Waals surface area contributed by atoms with Gasteiger partial charge in [0, 0.05) is 10.0 Å². The van der Waals surface area contributed by atoms with Crippen LogP contribution in [0.5, 0.6) is 17.2 Å². The van der Waals surface area contributed by atoms with Gasteiger partial charge in [-0.3, -0.25) is 9.59 Å². The Morgan fingerprint density at radius 2 is 1.46 bits per heavy atom. The van der Waals surface area contributed by atoms with Gasteiger partial charge in [0.1, 0.15) is 5.75 Å². The fourth-order valence-electron chi connectivity index (χ4n) is 2.77. The normalized spacial score (nSPS) is 10.5. The van der Waals surface area contributed by atoms with Gasteiger partial charge in [-0.1, -0.05) is 23.2 Å². The van der Waals surface area contributed by atoms with E-state index in [4.69, 9.17) is 37.4 Å². The number of hydrogen-bond donors (Lipinski definition) is 2. The number of amides is 2. The number of halogens is 2. The zero-order valence-electron chi connectivity index (χ0n) is 18.5. The predicted octanol–water partition coefficient (Wildman–Crippen LogP) is 4.32. The highest BCUT2D eigenvalue weighted by atomic mass is 35.5. The third-order valence-corrected chi connectivity index (χ3v) is 4.95. The molecule has 0 atom stereocenters. The van der Waals surface area contributed by atoms with Crippen molar-refractivity contribution in [1.82, 2.24) is 5.43 Å². The molecule has 35 heavy (non-hydrogen) atoms. The second-order valence-electron chi connectivity index (χ2n) is 6.80. The number of rotatable bonds is 7. The van der Waals surface area contributed by atoms with E-state index < -0.39 is 17.8 Å². The lowest BCUT2D eigenvalue weighted by Crippen LogP contribution is -2.32. The first-order valence-corrected chi connectivity index (χ1v) is 10.7. The molecule has 0 spiro atoms. The van der Waals surface area contributed by atoms with Gasteiger partial charge in [0.15, 0.2) is 11.5 Å². The van der Waals surface area contributed by atoms with Gasteiger partial charge in [-0.05, 0) is 66.2 Å². The van der Waals surface area contributed by atoms with Gasteiger partial charge in [0.2, 0.25) is 0 Å². The number of esters is 1. The quantitative estimate of drug-likeness (QED) is 0.159. The molecule has 0 unspecified atom stereocenters. The molecule has 3 rings (SSSR count). The first-order valence-electron chi connectivity index (χ1n) is 9.94. The summed E-state index contributed by atoms with van der Waals surface area (Å²) in [7, 11) is 2.83. The number of benzene rings is 3. The molecule has 3 aromatic carbocycles. The van der Waals surface area contributed by atoms with E-state index in [0.717, 1.165) is 0 Å². The molecule has 0 radical (unpaired) electrons. The van der Waals surface area contributed by atoms with Crippen molar-refractivity contribution < 1.29 is 28.6 Å². The number of carbonyl (C=O) groups excluding carboxylic acids is 3. The lowest BCUT2D eigenvalue weighted by molar-refractivity contribution is -0.136. The minimum Gasteiger partial charge on any atom is -0.495 e. The largest absolute Gasteiger partial charge is 0.495 e. The van der Waals surface area contributed by atoms with Gasteiger partial charge >= 0.3 is 17.8 Å². The molecule has 0 aromatic heterocycles. The van der Waals surface area contributed by atoms with E-state index in [-0.39, 0.29) is 17.2 Å². The van der Waals surface area contributed by atoms with Crippen LogP contribution in [0.1, 0.15) is 15.9 Å². The van der Waals surface area contributed by atoms with Crippen molar-refractivity contribution in [2.24, 2.45) is 5.10 Å². The van der Waals surface area contributed by atoms with Crippen LogP contribution in [0, 0.1) is 0 Å². The van der Waals surface area contributed by atoms with Crippen molar-refractivity contribution in [1.29, 1.82) is 0 Å². The van der Waals surface area contributed by atoms with Crippen LogP contribution in [-0.4, -0.2) is 38.2 Å². The Kier molecular flexibility index (Phi) is 8.66. The van der Waals surface area contributed by atoms with Crippen LogP contribution in [0.25, 0.3) is 0 Å². The molecule has 0 saturated heterocycles. The molecule has 0 fully saturated rings. The molecule has 2 N–H and O–H groups in total. The van der Waals surface area contributed by atoms with E-state index in [1.165, 1.54) is 38.6 Å².